The van der Waals surface area contributed by atoms with E-state index in [1.165, 1.54) is 12.8 Å². The first-order chi connectivity index (χ1) is 9.80. The van der Waals surface area contributed by atoms with Crippen LogP contribution in [0, 0.1) is 5.92 Å². The summed E-state index contributed by atoms with van der Waals surface area (Å²) in [6.07, 6.45) is 6.17. The third-order valence-corrected chi connectivity index (χ3v) is 3.38. The molecule has 1 saturated carbocycles. The van der Waals surface area contributed by atoms with E-state index in [9.17, 15) is 0 Å². The molecule has 20 heavy (non-hydrogen) atoms. The second-order valence-electron chi connectivity index (χ2n) is 4.94. The first-order valence-corrected chi connectivity index (χ1v) is 6.99. The van der Waals surface area contributed by atoms with Gasteiger partial charge < -0.3 is 10.2 Å². The summed E-state index contributed by atoms with van der Waals surface area (Å²) in [6, 6.07) is 1.85. The highest BCUT2D eigenvalue weighted by molar-refractivity contribution is 5.39. The molecule has 2 aromatic heterocycles. The fourth-order valence-electron chi connectivity index (χ4n) is 2.06. The Morgan fingerprint density at radius 3 is 2.80 bits per heavy atom. The van der Waals surface area contributed by atoms with Crippen LogP contribution < -0.4 is 10.2 Å². The number of aromatic nitrogens is 5. The molecule has 0 amide bonds. The summed E-state index contributed by atoms with van der Waals surface area (Å²) < 4.78 is 1.65. The van der Waals surface area contributed by atoms with Crippen molar-refractivity contribution in [2.75, 3.05) is 30.4 Å². The van der Waals surface area contributed by atoms with E-state index >= 15 is 0 Å². The summed E-state index contributed by atoms with van der Waals surface area (Å²) in [6.45, 7) is 4.03. The van der Waals surface area contributed by atoms with Gasteiger partial charge in [-0.1, -0.05) is 0 Å². The van der Waals surface area contributed by atoms with E-state index in [1.807, 2.05) is 19.3 Å². The van der Waals surface area contributed by atoms with E-state index in [4.69, 9.17) is 0 Å². The molecule has 0 unspecified atom stereocenters. The van der Waals surface area contributed by atoms with Crippen molar-refractivity contribution in [3.8, 4) is 5.95 Å². The minimum absolute atomic E-state index is 0.540. The number of nitrogens with zero attached hydrogens (tertiary/aromatic N) is 6. The second-order valence-corrected chi connectivity index (χ2v) is 4.94. The monoisotopic (exact) mass is 273 g/mol. The van der Waals surface area contributed by atoms with Crippen LogP contribution in [0.25, 0.3) is 5.95 Å². The topological polar surface area (TPSA) is 71.8 Å². The van der Waals surface area contributed by atoms with Crippen LogP contribution in [0.4, 0.5) is 11.9 Å². The maximum atomic E-state index is 4.54. The molecule has 1 aliphatic rings. The van der Waals surface area contributed by atoms with Gasteiger partial charge in [0.05, 0.1) is 0 Å². The van der Waals surface area contributed by atoms with Crippen molar-refractivity contribution in [2.45, 2.75) is 19.8 Å². The molecule has 0 radical (unpaired) electrons. The fourth-order valence-corrected chi connectivity index (χ4v) is 2.06. The summed E-state index contributed by atoms with van der Waals surface area (Å²) >= 11 is 0. The standard InChI is InChI=1S/C13H19N7/c1-3-19(9-10-5-6-10)12-16-11(14-2)17-13(18-12)20-8-4-7-15-20/h4,7-8,10H,3,5-6,9H2,1-2H3,(H,14,16,17,18). The largest absolute Gasteiger partial charge is 0.357 e. The highest BCUT2D eigenvalue weighted by Gasteiger charge is 2.25. The minimum Gasteiger partial charge on any atom is -0.357 e. The van der Waals surface area contributed by atoms with Crippen LogP contribution in [0.3, 0.4) is 0 Å². The second kappa shape index (κ2) is 5.44. The summed E-state index contributed by atoms with van der Waals surface area (Å²) in [5.41, 5.74) is 0. The lowest BCUT2D eigenvalue weighted by Crippen LogP contribution is -2.28. The van der Waals surface area contributed by atoms with Crippen molar-refractivity contribution >= 4 is 11.9 Å². The van der Waals surface area contributed by atoms with Gasteiger partial charge in [0.2, 0.25) is 11.9 Å². The Bertz CT molecular complexity index is 562. The van der Waals surface area contributed by atoms with E-state index in [1.54, 1.807) is 10.9 Å². The van der Waals surface area contributed by atoms with Crippen LogP contribution >= 0.6 is 0 Å². The number of hydrogen-bond acceptors (Lipinski definition) is 6. The molecule has 1 fully saturated rings. The van der Waals surface area contributed by atoms with Crippen molar-refractivity contribution in [3.63, 3.8) is 0 Å². The summed E-state index contributed by atoms with van der Waals surface area (Å²) in [5.74, 6) is 2.61. The lowest BCUT2D eigenvalue weighted by Gasteiger charge is -2.21. The van der Waals surface area contributed by atoms with Crippen molar-refractivity contribution in [1.29, 1.82) is 0 Å². The van der Waals surface area contributed by atoms with Crippen LogP contribution in [0.5, 0.6) is 0 Å². The Kier molecular flexibility index (Phi) is 3.49. The lowest BCUT2D eigenvalue weighted by atomic mass is 10.4. The van der Waals surface area contributed by atoms with Gasteiger partial charge in [-0.15, -0.1) is 0 Å². The highest BCUT2D eigenvalue weighted by atomic mass is 15.4. The predicted octanol–water partition coefficient (Wildman–Crippen LogP) is 1.34. The van der Waals surface area contributed by atoms with E-state index in [2.05, 4.69) is 37.2 Å². The molecular weight excluding hydrogens is 254 g/mol. The average Bonchev–Trinajstić information content (AvgIpc) is 3.13. The predicted molar refractivity (Wildman–Crippen MR) is 77.1 cm³/mol. The van der Waals surface area contributed by atoms with Crippen LogP contribution in [0.15, 0.2) is 18.5 Å². The van der Waals surface area contributed by atoms with Gasteiger partial charge in [-0.3, -0.25) is 0 Å². The third-order valence-electron chi connectivity index (χ3n) is 3.38. The molecule has 0 aliphatic heterocycles. The normalized spacial score (nSPS) is 14.3. The van der Waals surface area contributed by atoms with Gasteiger partial charge >= 0.3 is 0 Å². The molecule has 2 heterocycles. The average molecular weight is 273 g/mol. The van der Waals surface area contributed by atoms with E-state index in [0.717, 1.165) is 19.0 Å². The van der Waals surface area contributed by atoms with E-state index in [-0.39, 0.29) is 0 Å². The first kappa shape index (κ1) is 12.8. The zero-order valence-electron chi connectivity index (χ0n) is 11.8. The number of anilines is 2. The fraction of sp³-hybridized carbons (Fsp3) is 0.538. The first-order valence-electron chi connectivity index (χ1n) is 6.99. The molecule has 2 aromatic rings. The van der Waals surface area contributed by atoms with E-state index < -0.39 is 0 Å². The minimum atomic E-state index is 0.540. The number of nitrogens with one attached hydrogen (secondary N) is 1. The van der Waals surface area contributed by atoms with Gasteiger partial charge in [-0.25, -0.2) is 4.68 Å². The van der Waals surface area contributed by atoms with Gasteiger partial charge in [0, 0.05) is 32.5 Å². The molecule has 7 heteroatoms. The lowest BCUT2D eigenvalue weighted by molar-refractivity contribution is 0.706. The maximum Gasteiger partial charge on any atom is 0.257 e. The molecule has 7 nitrogen and oxygen atoms in total. The number of hydrogen-bond donors (Lipinski definition) is 1. The molecular formula is C13H19N7. The molecule has 1 aliphatic carbocycles. The Morgan fingerprint density at radius 1 is 1.35 bits per heavy atom. The molecule has 0 saturated heterocycles. The summed E-state index contributed by atoms with van der Waals surface area (Å²) in [5, 5.41) is 7.17. The molecule has 106 valence electrons. The third kappa shape index (κ3) is 2.71. The molecule has 3 rings (SSSR count). The Hall–Kier alpha value is -2.18. The molecule has 0 aromatic carbocycles. The van der Waals surface area contributed by atoms with E-state index in [0.29, 0.717) is 17.8 Å². The maximum absolute atomic E-state index is 4.54. The van der Waals surface area contributed by atoms with Crippen molar-refractivity contribution < 1.29 is 0 Å². The molecule has 0 atom stereocenters. The molecule has 1 N–H and O–H groups in total. The zero-order valence-corrected chi connectivity index (χ0v) is 11.8. The van der Waals surface area contributed by atoms with Crippen molar-refractivity contribution in [2.24, 2.45) is 5.92 Å². The van der Waals surface area contributed by atoms with Crippen LogP contribution in [-0.4, -0.2) is 44.9 Å². The Morgan fingerprint density at radius 2 is 2.20 bits per heavy atom. The zero-order chi connectivity index (χ0) is 13.9. The van der Waals surface area contributed by atoms with Gasteiger partial charge in [0.1, 0.15) is 0 Å². The Balaban J connectivity index is 1.94. The summed E-state index contributed by atoms with van der Waals surface area (Å²) in [7, 11) is 1.81. The van der Waals surface area contributed by atoms with Crippen LogP contribution in [0.2, 0.25) is 0 Å². The highest BCUT2D eigenvalue weighted by Crippen LogP contribution is 2.30. The smallest absolute Gasteiger partial charge is 0.257 e. The molecule has 0 bridgehead atoms. The van der Waals surface area contributed by atoms with Crippen LogP contribution in [-0.2, 0) is 0 Å². The molecule has 0 spiro atoms. The van der Waals surface area contributed by atoms with Gasteiger partial charge in [-0.2, -0.15) is 20.1 Å². The quantitative estimate of drug-likeness (QED) is 0.856. The van der Waals surface area contributed by atoms with Gasteiger partial charge in [0.25, 0.3) is 5.95 Å². The van der Waals surface area contributed by atoms with Crippen molar-refractivity contribution in [3.05, 3.63) is 18.5 Å². The Labute approximate surface area is 118 Å². The van der Waals surface area contributed by atoms with Crippen LogP contribution in [0.1, 0.15) is 19.8 Å². The number of rotatable bonds is 6. The van der Waals surface area contributed by atoms with Gasteiger partial charge in [-0.05, 0) is 31.7 Å². The summed E-state index contributed by atoms with van der Waals surface area (Å²) in [4.78, 5) is 15.6. The van der Waals surface area contributed by atoms with Crippen molar-refractivity contribution in [1.82, 2.24) is 24.7 Å². The SMILES string of the molecule is CCN(CC1CC1)c1nc(NC)nc(-n2cccn2)n1. The van der Waals surface area contributed by atoms with Gasteiger partial charge in [0.15, 0.2) is 0 Å².